The molecule has 1 aliphatic heterocycles. The van der Waals surface area contributed by atoms with Crippen LogP contribution in [0.25, 0.3) is 0 Å². The van der Waals surface area contributed by atoms with Gasteiger partial charge in [0, 0.05) is 19.1 Å². The van der Waals surface area contributed by atoms with E-state index in [2.05, 4.69) is 17.6 Å². The highest BCUT2D eigenvalue weighted by molar-refractivity contribution is 5.81. The van der Waals surface area contributed by atoms with Crippen molar-refractivity contribution >= 4 is 5.91 Å². The molecule has 1 aliphatic carbocycles. The van der Waals surface area contributed by atoms with Gasteiger partial charge in [-0.25, -0.2) is 0 Å². The van der Waals surface area contributed by atoms with E-state index in [0.717, 1.165) is 25.3 Å². The summed E-state index contributed by atoms with van der Waals surface area (Å²) < 4.78 is 5.43. The van der Waals surface area contributed by atoms with Gasteiger partial charge in [-0.05, 0) is 18.8 Å². The van der Waals surface area contributed by atoms with Crippen LogP contribution in [-0.4, -0.2) is 37.7 Å². The van der Waals surface area contributed by atoms with E-state index in [9.17, 15) is 4.79 Å². The predicted molar refractivity (Wildman–Crippen MR) is 62.2 cm³/mol. The molecule has 4 heteroatoms. The summed E-state index contributed by atoms with van der Waals surface area (Å²) in [5, 5.41) is 6.29. The van der Waals surface area contributed by atoms with Crippen LogP contribution in [0.2, 0.25) is 0 Å². The van der Waals surface area contributed by atoms with Gasteiger partial charge >= 0.3 is 0 Å². The lowest BCUT2D eigenvalue weighted by molar-refractivity contribution is -0.135. The molecule has 3 atom stereocenters. The van der Waals surface area contributed by atoms with Crippen LogP contribution < -0.4 is 10.6 Å². The monoisotopic (exact) mass is 226 g/mol. The topological polar surface area (TPSA) is 50.4 Å². The fraction of sp³-hybridized carbons (Fsp3) is 0.917. The lowest BCUT2D eigenvalue weighted by Gasteiger charge is -2.30. The second kappa shape index (κ2) is 5.64. The molecular formula is C12H22N2O2. The van der Waals surface area contributed by atoms with Crippen molar-refractivity contribution in [1.82, 2.24) is 10.6 Å². The van der Waals surface area contributed by atoms with Gasteiger partial charge in [0.15, 0.2) is 0 Å². The summed E-state index contributed by atoms with van der Waals surface area (Å²) in [6.07, 6.45) is 4.48. The quantitative estimate of drug-likeness (QED) is 0.727. The molecule has 2 N–H and O–H groups in total. The highest BCUT2D eigenvalue weighted by Crippen LogP contribution is 2.23. The summed E-state index contributed by atoms with van der Waals surface area (Å²) >= 11 is 0. The molecule has 2 rings (SSSR count). The SMILES string of the molecule is C[C@@H]1CCC[C@H](NC(=O)[C@H]2CNCCO2)C1. The third-order valence-corrected chi connectivity index (χ3v) is 3.50. The zero-order valence-electron chi connectivity index (χ0n) is 10.00. The number of morpholine rings is 1. The van der Waals surface area contributed by atoms with Crippen LogP contribution >= 0.6 is 0 Å². The van der Waals surface area contributed by atoms with Crippen molar-refractivity contribution in [3.8, 4) is 0 Å². The van der Waals surface area contributed by atoms with E-state index in [1.165, 1.54) is 12.8 Å². The molecule has 1 saturated carbocycles. The average Bonchev–Trinajstić information content (AvgIpc) is 2.30. The van der Waals surface area contributed by atoms with Crippen molar-refractivity contribution in [2.24, 2.45) is 5.92 Å². The minimum absolute atomic E-state index is 0.0614. The predicted octanol–water partition coefficient (Wildman–Crippen LogP) is 0.670. The van der Waals surface area contributed by atoms with Gasteiger partial charge in [-0.1, -0.05) is 19.8 Å². The van der Waals surface area contributed by atoms with Crippen molar-refractivity contribution in [3.63, 3.8) is 0 Å². The summed E-state index contributed by atoms with van der Waals surface area (Å²) in [6, 6.07) is 0.363. The summed E-state index contributed by atoms with van der Waals surface area (Å²) in [6.45, 7) is 4.40. The van der Waals surface area contributed by atoms with Crippen molar-refractivity contribution in [1.29, 1.82) is 0 Å². The first-order valence-corrected chi connectivity index (χ1v) is 6.38. The van der Waals surface area contributed by atoms with E-state index in [0.29, 0.717) is 19.2 Å². The first kappa shape index (κ1) is 11.9. The summed E-state index contributed by atoms with van der Waals surface area (Å²) in [5.41, 5.74) is 0. The summed E-state index contributed by atoms with van der Waals surface area (Å²) in [4.78, 5) is 11.9. The van der Waals surface area contributed by atoms with Crippen molar-refractivity contribution in [2.45, 2.75) is 44.8 Å². The van der Waals surface area contributed by atoms with Crippen molar-refractivity contribution in [2.75, 3.05) is 19.7 Å². The molecule has 0 aromatic carbocycles. The largest absolute Gasteiger partial charge is 0.366 e. The number of carbonyl (C=O) groups is 1. The van der Waals surface area contributed by atoms with Crippen LogP contribution in [0.15, 0.2) is 0 Å². The van der Waals surface area contributed by atoms with E-state index >= 15 is 0 Å². The van der Waals surface area contributed by atoms with Crippen LogP contribution in [0, 0.1) is 5.92 Å². The normalized spacial score (nSPS) is 35.7. The van der Waals surface area contributed by atoms with Gasteiger partial charge in [-0.2, -0.15) is 0 Å². The van der Waals surface area contributed by atoms with Crippen molar-refractivity contribution < 1.29 is 9.53 Å². The second-order valence-corrected chi connectivity index (χ2v) is 5.04. The number of ether oxygens (including phenoxy) is 1. The van der Waals surface area contributed by atoms with Gasteiger partial charge < -0.3 is 15.4 Å². The van der Waals surface area contributed by atoms with E-state index in [-0.39, 0.29) is 12.0 Å². The Labute approximate surface area is 97.1 Å². The lowest BCUT2D eigenvalue weighted by atomic mass is 9.87. The Hall–Kier alpha value is -0.610. The molecule has 0 aromatic heterocycles. The molecule has 2 fully saturated rings. The van der Waals surface area contributed by atoms with Crippen molar-refractivity contribution in [3.05, 3.63) is 0 Å². The maximum absolute atomic E-state index is 11.9. The number of carbonyl (C=O) groups excluding carboxylic acids is 1. The standard InChI is InChI=1S/C12H22N2O2/c1-9-3-2-4-10(7-9)14-12(15)11-8-13-5-6-16-11/h9-11,13H,2-8H2,1H3,(H,14,15)/t9-,10+,11-/m1/s1. The molecule has 0 spiro atoms. The lowest BCUT2D eigenvalue weighted by Crippen LogP contribution is -2.50. The molecule has 1 heterocycles. The van der Waals surface area contributed by atoms with E-state index in [1.807, 2.05) is 0 Å². The Balaban J connectivity index is 1.77. The first-order chi connectivity index (χ1) is 7.75. The van der Waals surface area contributed by atoms with E-state index in [4.69, 9.17) is 4.74 Å². The molecule has 0 unspecified atom stereocenters. The minimum atomic E-state index is -0.286. The fourth-order valence-corrected chi connectivity index (χ4v) is 2.59. The van der Waals surface area contributed by atoms with Gasteiger partial charge in [0.05, 0.1) is 6.61 Å². The molecule has 16 heavy (non-hydrogen) atoms. The molecule has 92 valence electrons. The summed E-state index contributed by atoms with van der Waals surface area (Å²) in [5.74, 6) is 0.802. The smallest absolute Gasteiger partial charge is 0.250 e. The number of hydrogen-bond acceptors (Lipinski definition) is 3. The number of amides is 1. The zero-order chi connectivity index (χ0) is 11.4. The van der Waals surface area contributed by atoms with E-state index < -0.39 is 0 Å². The van der Waals surface area contributed by atoms with E-state index in [1.54, 1.807) is 0 Å². The molecule has 4 nitrogen and oxygen atoms in total. The molecule has 0 radical (unpaired) electrons. The van der Waals surface area contributed by atoms with Crippen LogP contribution in [0.1, 0.15) is 32.6 Å². The molecule has 0 bridgehead atoms. The maximum atomic E-state index is 11.9. The molecule has 1 amide bonds. The van der Waals surface area contributed by atoms with Crippen LogP contribution in [0.3, 0.4) is 0 Å². The number of rotatable bonds is 2. The van der Waals surface area contributed by atoms with Crippen LogP contribution in [0.4, 0.5) is 0 Å². The van der Waals surface area contributed by atoms with Gasteiger partial charge in [-0.3, -0.25) is 4.79 Å². The maximum Gasteiger partial charge on any atom is 0.250 e. The summed E-state index contributed by atoms with van der Waals surface area (Å²) in [7, 11) is 0. The Morgan fingerprint density at radius 3 is 3.00 bits per heavy atom. The third-order valence-electron chi connectivity index (χ3n) is 3.50. The van der Waals surface area contributed by atoms with Gasteiger partial charge in [0.2, 0.25) is 0 Å². The Kier molecular flexibility index (Phi) is 4.18. The fourth-order valence-electron chi connectivity index (χ4n) is 2.59. The Morgan fingerprint density at radius 1 is 1.44 bits per heavy atom. The first-order valence-electron chi connectivity index (χ1n) is 6.38. The number of hydrogen-bond donors (Lipinski definition) is 2. The average molecular weight is 226 g/mol. The van der Waals surface area contributed by atoms with Gasteiger partial charge in [-0.15, -0.1) is 0 Å². The zero-order valence-corrected chi connectivity index (χ0v) is 10.00. The van der Waals surface area contributed by atoms with Crippen LogP contribution in [0.5, 0.6) is 0 Å². The minimum Gasteiger partial charge on any atom is -0.366 e. The van der Waals surface area contributed by atoms with Gasteiger partial charge in [0.25, 0.3) is 5.91 Å². The molecular weight excluding hydrogens is 204 g/mol. The third kappa shape index (κ3) is 3.19. The Morgan fingerprint density at radius 2 is 2.31 bits per heavy atom. The second-order valence-electron chi connectivity index (χ2n) is 5.04. The van der Waals surface area contributed by atoms with Gasteiger partial charge in [0.1, 0.15) is 6.10 Å². The Bertz CT molecular complexity index is 239. The molecule has 0 aromatic rings. The highest BCUT2D eigenvalue weighted by Gasteiger charge is 2.26. The number of nitrogens with one attached hydrogen (secondary N) is 2. The van der Waals surface area contributed by atoms with Crippen LogP contribution in [-0.2, 0) is 9.53 Å². The molecule has 2 aliphatic rings. The molecule has 1 saturated heterocycles. The highest BCUT2D eigenvalue weighted by atomic mass is 16.5.